The van der Waals surface area contributed by atoms with Gasteiger partial charge in [0.2, 0.25) is 5.95 Å². The summed E-state index contributed by atoms with van der Waals surface area (Å²) >= 11 is 0. The predicted molar refractivity (Wildman–Crippen MR) is 156 cm³/mol. The molecular formula is C28H34N8O4S. The number of aromatic amines is 1. The van der Waals surface area contributed by atoms with Crippen molar-refractivity contribution in [3.63, 3.8) is 0 Å². The van der Waals surface area contributed by atoms with Crippen LogP contribution in [0.2, 0.25) is 0 Å². The largest absolute Gasteiger partial charge is 0.491 e. The Bertz CT molecular complexity index is 1500. The second kappa shape index (κ2) is 12.0. The Morgan fingerprint density at radius 3 is 2.76 bits per heavy atom. The number of benzene rings is 1. The molecule has 0 spiro atoms. The van der Waals surface area contributed by atoms with E-state index in [9.17, 15) is 14.3 Å². The summed E-state index contributed by atoms with van der Waals surface area (Å²) < 4.78 is 23.1. The van der Waals surface area contributed by atoms with Gasteiger partial charge in [-0.2, -0.15) is 15.2 Å². The van der Waals surface area contributed by atoms with Crippen molar-refractivity contribution in [3.8, 4) is 11.8 Å². The highest BCUT2D eigenvalue weighted by Crippen LogP contribution is 2.38. The van der Waals surface area contributed by atoms with Gasteiger partial charge in [-0.25, -0.2) is 0 Å². The van der Waals surface area contributed by atoms with Crippen molar-refractivity contribution in [2.24, 2.45) is 0 Å². The number of rotatable bonds is 8. The molecule has 0 saturated carbocycles. The molecule has 2 saturated heterocycles. The van der Waals surface area contributed by atoms with Crippen LogP contribution in [0.25, 0.3) is 11.0 Å². The molecule has 5 heterocycles. The lowest BCUT2D eigenvalue weighted by molar-refractivity contribution is 0.00158. The molecular weight excluding hydrogens is 544 g/mol. The van der Waals surface area contributed by atoms with Crippen LogP contribution in [0, 0.1) is 11.3 Å². The lowest BCUT2D eigenvalue weighted by Gasteiger charge is -2.40. The van der Waals surface area contributed by atoms with Gasteiger partial charge >= 0.3 is 0 Å². The SMILES string of the molecule is CS(=O)CCNc1nc(Nc2ccc(C(=O)N3CCC(N4CCOCC4)CC3)c3c2OCC3)nc2[nH]cc(C#N)c12. The highest BCUT2D eigenvalue weighted by molar-refractivity contribution is 7.84. The highest BCUT2D eigenvalue weighted by Gasteiger charge is 2.31. The van der Waals surface area contributed by atoms with Gasteiger partial charge in [0.1, 0.15) is 23.3 Å². The van der Waals surface area contributed by atoms with Crippen LogP contribution in [0.15, 0.2) is 18.3 Å². The molecule has 1 amide bonds. The summed E-state index contributed by atoms with van der Waals surface area (Å²) in [6.45, 7) is 5.92. The molecule has 3 aromatic rings. The molecule has 12 nitrogen and oxygen atoms in total. The van der Waals surface area contributed by atoms with E-state index in [0.717, 1.165) is 57.8 Å². The maximum absolute atomic E-state index is 13.6. The number of amides is 1. The Labute approximate surface area is 240 Å². The molecule has 3 N–H and O–H groups in total. The first-order chi connectivity index (χ1) is 20.0. The van der Waals surface area contributed by atoms with Gasteiger partial charge in [-0.05, 0) is 25.0 Å². The molecule has 0 bridgehead atoms. The van der Waals surface area contributed by atoms with Crippen molar-refractivity contribution < 1.29 is 18.5 Å². The Hall–Kier alpha value is -3.73. The first kappa shape index (κ1) is 27.4. The summed E-state index contributed by atoms with van der Waals surface area (Å²) in [6.07, 6.45) is 5.83. The number of hydrogen-bond acceptors (Lipinski definition) is 10. The minimum Gasteiger partial charge on any atom is -0.491 e. The number of hydrogen-bond donors (Lipinski definition) is 3. The number of carbonyl (C=O) groups is 1. The number of ether oxygens (including phenoxy) is 2. The summed E-state index contributed by atoms with van der Waals surface area (Å²) in [7, 11) is -0.968. The third kappa shape index (κ3) is 5.72. The molecule has 3 aliphatic heterocycles. The number of aromatic nitrogens is 3. The second-order valence-electron chi connectivity index (χ2n) is 10.5. The van der Waals surface area contributed by atoms with Gasteiger partial charge in [-0.3, -0.25) is 13.9 Å². The summed E-state index contributed by atoms with van der Waals surface area (Å²) in [6, 6.07) is 6.37. The van der Waals surface area contributed by atoms with Crippen LogP contribution in [0.5, 0.6) is 5.75 Å². The average molecular weight is 579 g/mol. The van der Waals surface area contributed by atoms with E-state index >= 15 is 0 Å². The molecule has 13 heteroatoms. The van der Waals surface area contributed by atoms with Crippen molar-refractivity contribution >= 4 is 45.2 Å². The number of nitrogens with zero attached hydrogens (tertiary/aromatic N) is 5. The molecule has 1 unspecified atom stereocenters. The van der Waals surface area contributed by atoms with Crippen molar-refractivity contribution in [2.45, 2.75) is 25.3 Å². The van der Waals surface area contributed by atoms with E-state index in [1.54, 1.807) is 12.5 Å². The predicted octanol–water partition coefficient (Wildman–Crippen LogP) is 2.24. The topological polar surface area (TPSA) is 148 Å². The first-order valence-corrected chi connectivity index (χ1v) is 15.7. The van der Waals surface area contributed by atoms with Crippen LogP contribution in [0.4, 0.5) is 17.5 Å². The Balaban J connectivity index is 1.20. The number of nitrogens with one attached hydrogen (secondary N) is 3. The van der Waals surface area contributed by atoms with Gasteiger partial charge < -0.3 is 30.0 Å². The van der Waals surface area contributed by atoms with Gasteiger partial charge in [0.05, 0.1) is 36.5 Å². The molecule has 1 aromatic carbocycles. The number of likely N-dealkylation sites (tertiary alicyclic amines) is 1. The molecule has 2 aromatic heterocycles. The van der Waals surface area contributed by atoms with E-state index in [2.05, 4.69) is 36.6 Å². The zero-order chi connectivity index (χ0) is 28.3. The summed E-state index contributed by atoms with van der Waals surface area (Å²) in [5.41, 5.74) is 3.18. The standard InChI is InChI=1S/C28H34N8O4S/c1-41(38)15-7-30-25-23-18(16-29)17-31-26(23)34-28(33-25)32-22-3-2-21(20-6-12-40-24(20)22)27(37)36-8-4-19(5-9-36)35-10-13-39-14-11-35/h2-3,17,19H,4-15H2,1H3,(H3,30,31,32,33,34). The number of morpholine rings is 1. The minimum atomic E-state index is -0.968. The smallest absolute Gasteiger partial charge is 0.254 e. The van der Waals surface area contributed by atoms with Crippen LogP contribution in [0.1, 0.15) is 34.3 Å². The molecule has 0 radical (unpaired) electrons. The average Bonchev–Trinajstić information content (AvgIpc) is 3.65. The van der Waals surface area contributed by atoms with Crippen molar-refractivity contribution in [1.29, 1.82) is 5.26 Å². The third-order valence-electron chi connectivity index (χ3n) is 7.98. The quantitative estimate of drug-likeness (QED) is 0.363. The van der Waals surface area contributed by atoms with Crippen LogP contribution in [-0.4, -0.2) is 105 Å². The van der Waals surface area contributed by atoms with Crippen molar-refractivity contribution in [2.75, 3.05) is 75.2 Å². The van der Waals surface area contributed by atoms with Gasteiger partial charge in [0, 0.05) is 85.3 Å². The first-order valence-electron chi connectivity index (χ1n) is 14.0. The second-order valence-corrected chi connectivity index (χ2v) is 12.1. The maximum atomic E-state index is 13.6. The van der Waals surface area contributed by atoms with E-state index in [4.69, 9.17) is 9.47 Å². The van der Waals surface area contributed by atoms with Crippen LogP contribution in [0.3, 0.4) is 0 Å². The van der Waals surface area contributed by atoms with Crippen LogP contribution >= 0.6 is 0 Å². The number of anilines is 3. The Morgan fingerprint density at radius 1 is 1.20 bits per heavy atom. The normalized spacial score (nSPS) is 18.5. The molecule has 3 aliphatic rings. The fourth-order valence-corrected chi connectivity index (χ4v) is 6.27. The molecule has 6 rings (SSSR count). The van der Waals surface area contributed by atoms with Crippen molar-refractivity contribution in [3.05, 3.63) is 35.0 Å². The monoisotopic (exact) mass is 578 g/mol. The van der Waals surface area contributed by atoms with E-state index in [1.165, 1.54) is 0 Å². The zero-order valence-corrected chi connectivity index (χ0v) is 23.9. The molecule has 41 heavy (non-hydrogen) atoms. The fourth-order valence-electron chi connectivity index (χ4n) is 5.88. The van der Waals surface area contributed by atoms with E-state index in [-0.39, 0.29) is 5.91 Å². The number of piperidine rings is 1. The number of carbonyl (C=O) groups excluding carboxylic acids is 1. The van der Waals surface area contributed by atoms with Crippen molar-refractivity contribution in [1.82, 2.24) is 24.8 Å². The minimum absolute atomic E-state index is 0.0478. The lowest BCUT2D eigenvalue weighted by Crippen LogP contribution is -2.50. The Morgan fingerprint density at radius 2 is 2.00 bits per heavy atom. The van der Waals surface area contributed by atoms with E-state index in [0.29, 0.717) is 76.7 Å². The van der Waals surface area contributed by atoms with Gasteiger partial charge in [0.15, 0.2) is 0 Å². The van der Waals surface area contributed by atoms with E-state index in [1.807, 2.05) is 17.0 Å². The van der Waals surface area contributed by atoms with Crippen LogP contribution in [-0.2, 0) is 22.0 Å². The molecule has 2 fully saturated rings. The molecule has 216 valence electrons. The zero-order valence-electron chi connectivity index (χ0n) is 23.1. The van der Waals surface area contributed by atoms with E-state index < -0.39 is 10.8 Å². The number of H-pyrrole nitrogens is 1. The van der Waals surface area contributed by atoms with Gasteiger partial charge in [-0.1, -0.05) is 0 Å². The summed E-state index contributed by atoms with van der Waals surface area (Å²) in [5, 5.41) is 16.6. The lowest BCUT2D eigenvalue weighted by atomic mass is 9.99. The van der Waals surface area contributed by atoms with Gasteiger partial charge in [-0.15, -0.1) is 0 Å². The maximum Gasteiger partial charge on any atom is 0.254 e. The molecule has 1 atom stereocenters. The Kier molecular flexibility index (Phi) is 8.04. The summed E-state index contributed by atoms with van der Waals surface area (Å²) in [5.74, 6) is 1.92. The van der Waals surface area contributed by atoms with Gasteiger partial charge in [0.25, 0.3) is 5.91 Å². The molecule has 0 aliphatic carbocycles. The third-order valence-corrected chi connectivity index (χ3v) is 8.76. The highest BCUT2D eigenvalue weighted by atomic mass is 32.2. The fraction of sp³-hybridized carbons (Fsp3) is 0.500. The summed E-state index contributed by atoms with van der Waals surface area (Å²) in [4.78, 5) is 30.3. The number of fused-ring (bicyclic) bond motifs is 2. The number of nitriles is 1. The van der Waals surface area contributed by atoms with Crippen LogP contribution < -0.4 is 15.4 Å².